The molecule has 1 aliphatic rings. The van der Waals surface area contributed by atoms with Crippen LogP contribution in [0.25, 0.3) is 49.2 Å². The average Bonchev–Trinajstić information content (AvgIpc) is 3.54. The van der Waals surface area contributed by atoms with Crippen molar-refractivity contribution in [2.75, 3.05) is 0 Å². The SMILES string of the molecule is CC1(C)c2ccccc2-c2cc3c4ccccc4n(-c4cccc(-c5nccs5)c4)c3cc21. The maximum absolute atomic E-state index is 4.53. The van der Waals surface area contributed by atoms with Crippen LogP contribution in [0.4, 0.5) is 0 Å². The Morgan fingerprint density at radius 3 is 2.45 bits per heavy atom. The second-order valence-corrected chi connectivity index (χ2v) is 10.2. The molecule has 2 aromatic heterocycles. The minimum atomic E-state index is -0.0237. The summed E-state index contributed by atoms with van der Waals surface area (Å²) in [6.07, 6.45) is 1.87. The lowest BCUT2D eigenvalue weighted by molar-refractivity contribution is 0.661. The molecule has 4 aromatic carbocycles. The minimum Gasteiger partial charge on any atom is -0.309 e. The highest BCUT2D eigenvalue weighted by molar-refractivity contribution is 7.13. The van der Waals surface area contributed by atoms with Gasteiger partial charge in [0, 0.05) is 39.0 Å². The molecular weight excluding hydrogens is 420 g/mol. The van der Waals surface area contributed by atoms with Crippen LogP contribution in [0.3, 0.4) is 0 Å². The Morgan fingerprint density at radius 2 is 1.58 bits per heavy atom. The lowest BCUT2D eigenvalue weighted by Gasteiger charge is -2.21. The summed E-state index contributed by atoms with van der Waals surface area (Å²) in [6, 6.07) is 31.2. The zero-order valence-corrected chi connectivity index (χ0v) is 19.4. The summed E-state index contributed by atoms with van der Waals surface area (Å²) in [7, 11) is 0. The first-order valence-electron chi connectivity index (χ1n) is 11.3. The Morgan fingerprint density at radius 1 is 0.727 bits per heavy atom. The molecule has 0 saturated heterocycles. The molecule has 0 fully saturated rings. The number of fused-ring (bicyclic) bond motifs is 6. The molecule has 7 rings (SSSR count). The van der Waals surface area contributed by atoms with Gasteiger partial charge in [0.1, 0.15) is 5.01 Å². The Bertz CT molecular complexity index is 1690. The van der Waals surface area contributed by atoms with Gasteiger partial charge in [-0.2, -0.15) is 0 Å². The number of hydrogen-bond acceptors (Lipinski definition) is 2. The van der Waals surface area contributed by atoms with Crippen molar-refractivity contribution in [3.63, 3.8) is 0 Å². The lowest BCUT2D eigenvalue weighted by Crippen LogP contribution is -2.14. The number of hydrogen-bond donors (Lipinski definition) is 0. The second kappa shape index (κ2) is 6.66. The first-order valence-corrected chi connectivity index (χ1v) is 12.2. The summed E-state index contributed by atoms with van der Waals surface area (Å²) in [6.45, 7) is 4.69. The second-order valence-electron chi connectivity index (χ2n) is 9.33. The predicted molar refractivity (Wildman–Crippen MR) is 139 cm³/mol. The summed E-state index contributed by atoms with van der Waals surface area (Å²) in [5, 5.41) is 5.68. The van der Waals surface area contributed by atoms with Crippen LogP contribution >= 0.6 is 11.3 Å². The molecule has 0 unspecified atom stereocenters. The summed E-state index contributed by atoms with van der Waals surface area (Å²) >= 11 is 1.68. The average molecular weight is 443 g/mol. The zero-order valence-electron chi connectivity index (χ0n) is 18.5. The van der Waals surface area contributed by atoms with Crippen molar-refractivity contribution < 1.29 is 0 Å². The van der Waals surface area contributed by atoms with Gasteiger partial charge in [0.2, 0.25) is 0 Å². The van der Waals surface area contributed by atoms with Crippen LogP contribution in [0.2, 0.25) is 0 Å². The van der Waals surface area contributed by atoms with Gasteiger partial charge in [0.15, 0.2) is 0 Å². The Kier molecular flexibility index (Phi) is 3.80. The van der Waals surface area contributed by atoms with E-state index in [1.165, 1.54) is 49.7 Å². The summed E-state index contributed by atoms with van der Waals surface area (Å²) in [4.78, 5) is 4.53. The van der Waals surface area contributed by atoms with Crippen LogP contribution in [0, 0.1) is 0 Å². The van der Waals surface area contributed by atoms with Crippen LogP contribution < -0.4 is 0 Å². The van der Waals surface area contributed by atoms with Crippen LogP contribution in [-0.2, 0) is 5.41 Å². The van der Waals surface area contributed by atoms with Crippen molar-refractivity contribution in [3.8, 4) is 27.4 Å². The number of rotatable bonds is 2. The molecule has 2 heterocycles. The molecule has 1 aliphatic carbocycles. The fraction of sp³-hybridized carbons (Fsp3) is 0.100. The van der Waals surface area contributed by atoms with Gasteiger partial charge in [0.05, 0.1) is 11.0 Å². The molecule has 0 N–H and O–H groups in total. The molecule has 0 saturated carbocycles. The fourth-order valence-electron chi connectivity index (χ4n) is 5.59. The summed E-state index contributed by atoms with van der Waals surface area (Å²) < 4.78 is 2.42. The molecule has 0 atom stereocenters. The van der Waals surface area contributed by atoms with E-state index in [1.807, 2.05) is 11.6 Å². The standard InChI is InChI=1S/C30H22N2S/c1-30(2)25-12-5-3-10-21(25)23-17-24-22-11-4-6-13-27(22)32(28(24)18-26(23)30)20-9-7-8-19(16-20)29-31-14-15-33-29/h3-18H,1-2H3. The highest BCUT2D eigenvalue weighted by Crippen LogP contribution is 2.50. The Labute approximate surface area is 196 Å². The van der Waals surface area contributed by atoms with E-state index < -0.39 is 0 Å². The summed E-state index contributed by atoms with van der Waals surface area (Å²) in [5.74, 6) is 0. The highest BCUT2D eigenvalue weighted by Gasteiger charge is 2.36. The van der Waals surface area contributed by atoms with Gasteiger partial charge >= 0.3 is 0 Å². The maximum atomic E-state index is 4.53. The Hall–Kier alpha value is -3.69. The third-order valence-electron chi connectivity index (χ3n) is 7.16. The monoisotopic (exact) mass is 442 g/mol. The molecule has 0 amide bonds. The molecule has 158 valence electrons. The Balaban J connectivity index is 1.57. The van der Waals surface area contributed by atoms with Gasteiger partial charge in [-0.1, -0.05) is 68.4 Å². The van der Waals surface area contributed by atoms with Crippen molar-refractivity contribution in [2.45, 2.75) is 19.3 Å². The number of nitrogens with zero attached hydrogens (tertiary/aromatic N) is 2. The van der Waals surface area contributed by atoms with E-state index in [0.717, 1.165) is 10.6 Å². The van der Waals surface area contributed by atoms with E-state index in [4.69, 9.17) is 0 Å². The minimum absolute atomic E-state index is 0.0237. The molecule has 0 radical (unpaired) electrons. The molecule has 33 heavy (non-hydrogen) atoms. The van der Waals surface area contributed by atoms with E-state index in [-0.39, 0.29) is 5.41 Å². The number of para-hydroxylation sites is 1. The van der Waals surface area contributed by atoms with Crippen LogP contribution in [0.5, 0.6) is 0 Å². The van der Waals surface area contributed by atoms with Crippen LogP contribution in [0.1, 0.15) is 25.0 Å². The van der Waals surface area contributed by atoms with E-state index in [2.05, 4.69) is 108 Å². The topological polar surface area (TPSA) is 17.8 Å². The van der Waals surface area contributed by atoms with E-state index in [0.29, 0.717) is 0 Å². The van der Waals surface area contributed by atoms with Crippen molar-refractivity contribution in [3.05, 3.63) is 108 Å². The smallest absolute Gasteiger partial charge is 0.123 e. The lowest BCUT2D eigenvalue weighted by atomic mass is 9.82. The third kappa shape index (κ3) is 2.57. The number of aromatic nitrogens is 2. The molecular formula is C30H22N2S. The van der Waals surface area contributed by atoms with Crippen molar-refractivity contribution in [2.24, 2.45) is 0 Å². The number of benzene rings is 4. The first-order chi connectivity index (χ1) is 16.1. The largest absolute Gasteiger partial charge is 0.309 e. The summed E-state index contributed by atoms with van der Waals surface area (Å²) in [5.41, 5.74) is 10.3. The first kappa shape index (κ1) is 18.8. The van der Waals surface area contributed by atoms with E-state index in [9.17, 15) is 0 Å². The van der Waals surface area contributed by atoms with Crippen molar-refractivity contribution in [1.29, 1.82) is 0 Å². The van der Waals surface area contributed by atoms with Gasteiger partial charge in [-0.15, -0.1) is 11.3 Å². The number of thiazole rings is 1. The molecule has 0 aliphatic heterocycles. The van der Waals surface area contributed by atoms with Gasteiger partial charge < -0.3 is 4.57 Å². The van der Waals surface area contributed by atoms with Gasteiger partial charge in [-0.25, -0.2) is 4.98 Å². The quantitative estimate of drug-likeness (QED) is 0.264. The molecule has 0 bridgehead atoms. The van der Waals surface area contributed by atoms with E-state index in [1.54, 1.807) is 11.3 Å². The molecule has 6 aromatic rings. The molecule has 0 spiro atoms. The highest BCUT2D eigenvalue weighted by atomic mass is 32.1. The van der Waals surface area contributed by atoms with Crippen LogP contribution in [0.15, 0.2) is 96.5 Å². The predicted octanol–water partition coefficient (Wildman–Crippen LogP) is 8.21. The fourth-order valence-corrected chi connectivity index (χ4v) is 6.22. The van der Waals surface area contributed by atoms with Gasteiger partial charge in [-0.05, 0) is 52.6 Å². The normalized spacial score (nSPS) is 14.0. The zero-order chi connectivity index (χ0) is 22.2. The van der Waals surface area contributed by atoms with E-state index >= 15 is 0 Å². The van der Waals surface area contributed by atoms with Gasteiger partial charge in [0.25, 0.3) is 0 Å². The van der Waals surface area contributed by atoms with Crippen molar-refractivity contribution >= 4 is 33.1 Å². The maximum Gasteiger partial charge on any atom is 0.123 e. The third-order valence-corrected chi connectivity index (χ3v) is 7.98. The van der Waals surface area contributed by atoms with Gasteiger partial charge in [-0.3, -0.25) is 0 Å². The molecule has 3 heteroatoms. The van der Waals surface area contributed by atoms with Crippen LogP contribution in [-0.4, -0.2) is 9.55 Å². The van der Waals surface area contributed by atoms with Crippen molar-refractivity contribution in [1.82, 2.24) is 9.55 Å². The molecule has 2 nitrogen and oxygen atoms in total.